The molecular formula is C25H24N2O. The summed E-state index contributed by atoms with van der Waals surface area (Å²) in [5, 5.41) is 0. The minimum Gasteiger partial charge on any atom is -0.474 e. The highest BCUT2D eigenvalue weighted by atomic mass is 16.5. The van der Waals surface area contributed by atoms with E-state index in [4.69, 9.17) is 14.7 Å². The first-order valence-electron chi connectivity index (χ1n) is 10.1. The molecule has 4 bridgehead atoms. The summed E-state index contributed by atoms with van der Waals surface area (Å²) in [6.45, 7) is 0.635. The van der Waals surface area contributed by atoms with Gasteiger partial charge in [0.2, 0.25) is 5.90 Å². The van der Waals surface area contributed by atoms with Crippen LogP contribution in [0.5, 0.6) is 0 Å². The molecule has 1 atom stereocenters. The third-order valence-electron chi connectivity index (χ3n) is 5.64. The number of ether oxygens (including phenoxy) is 1. The smallest absolute Gasteiger partial charge is 0.236 e. The van der Waals surface area contributed by atoms with Crippen molar-refractivity contribution in [2.45, 2.75) is 38.1 Å². The molecule has 2 aromatic carbocycles. The molecule has 2 aliphatic carbocycles. The quantitative estimate of drug-likeness (QED) is 0.689. The minimum atomic E-state index is 0.168. The van der Waals surface area contributed by atoms with E-state index >= 15 is 0 Å². The second-order valence-corrected chi connectivity index (χ2v) is 7.72. The summed E-state index contributed by atoms with van der Waals surface area (Å²) in [6.07, 6.45) is 4.82. The van der Waals surface area contributed by atoms with Gasteiger partial charge in [0, 0.05) is 5.69 Å². The summed E-state index contributed by atoms with van der Waals surface area (Å²) in [7, 11) is 0. The molecule has 0 fully saturated rings. The predicted molar refractivity (Wildman–Crippen MR) is 112 cm³/mol. The molecule has 0 amide bonds. The van der Waals surface area contributed by atoms with E-state index in [2.05, 4.69) is 60.7 Å². The molecule has 0 N–H and O–H groups in total. The first-order valence-corrected chi connectivity index (χ1v) is 10.1. The fourth-order valence-electron chi connectivity index (χ4n) is 4.01. The highest BCUT2D eigenvalue weighted by Gasteiger charge is 2.24. The van der Waals surface area contributed by atoms with Crippen molar-refractivity contribution < 1.29 is 4.74 Å². The summed E-state index contributed by atoms with van der Waals surface area (Å²) in [5.74, 6) is 0.726. The molecule has 8 rings (SSSR count). The van der Waals surface area contributed by atoms with Gasteiger partial charge in [-0.1, -0.05) is 60.7 Å². The molecule has 28 heavy (non-hydrogen) atoms. The van der Waals surface area contributed by atoms with E-state index in [1.54, 1.807) is 0 Å². The van der Waals surface area contributed by atoms with Crippen LogP contribution in [0.2, 0.25) is 0 Å². The maximum atomic E-state index is 6.03. The van der Waals surface area contributed by atoms with Gasteiger partial charge in [-0.15, -0.1) is 0 Å². The maximum Gasteiger partial charge on any atom is 0.236 e. The Morgan fingerprint density at radius 2 is 1.54 bits per heavy atom. The lowest BCUT2D eigenvalue weighted by Gasteiger charge is -2.13. The Labute approximate surface area is 166 Å². The molecule has 0 unspecified atom stereocenters. The largest absolute Gasteiger partial charge is 0.474 e. The van der Waals surface area contributed by atoms with Gasteiger partial charge in [0.15, 0.2) is 0 Å². The standard InChI is InChI=1S/C25H24N2O/c1-2-4-20(5-3-1)16-23-17-28-25(27-23)24-21-12-10-18-6-8-19(9-7-18)11-14-22(26-24)15-13-21/h1-9,13,15,23H,10-12,14,16-17H2/t23-/m0/s1. The summed E-state index contributed by atoms with van der Waals surface area (Å²) in [5.41, 5.74) is 7.33. The van der Waals surface area contributed by atoms with E-state index < -0.39 is 0 Å². The van der Waals surface area contributed by atoms with Crippen molar-refractivity contribution in [2.75, 3.05) is 6.61 Å². The van der Waals surface area contributed by atoms with Gasteiger partial charge in [-0.25, -0.2) is 9.98 Å². The second kappa shape index (κ2) is 7.59. The summed E-state index contributed by atoms with van der Waals surface area (Å²) >= 11 is 0. The van der Waals surface area contributed by atoms with Crippen molar-refractivity contribution in [3.05, 3.63) is 100 Å². The Kier molecular flexibility index (Phi) is 4.66. The number of pyridine rings is 1. The van der Waals surface area contributed by atoms with Gasteiger partial charge in [-0.05, 0) is 60.4 Å². The van der Waals surface area contributed by atoms with Crippen LogP contribution >= 0.6 is 0 Å². The molecule has 1 aromatic heterocycles. The summed E-state index contributed by atoms with van der Waals surface area (Å²) in [4.78, 5) is 9.87. The zero-order chi connectivity index (χ0) is 18.8. The van der Waals surface area contributed by atoms with Gasteiger partial charge < -0.3 is 4.74 Å². The van der Waals surface area contributed by atoms with Crippen LogP contribution in [0.3, 0.4) is 0 Å². The first-order chi connectivity index (χ1) is 13.8. The van der Waals surface area contributed by atoms with Gasteiger partial charge in [0.25, 0.3) is 0 Å². The van der Waals surface area contributed by atoms with Gasteiger partial charge in [0.1, 0.15) is 12.3 Å². The number of hydrogen-bond acceptors (Lipinski definition) is 3. The molecule has 0 radical (unpaired) electrons. The van der Waals surface area contributed by atoms with Crippen LogP contribution in [0, 0.1) is 0 Å². The van der Waals surface area contributed by atoms with E-state index in [0.29, 0.717) is 6.61 Å². The Hall–Kier alpha value is -2.94. The first kappa shape index (κ1) is 17.2. The molecule has 3 nitrogen and oxygen atoms in total. The zero-order valence-corrected chi connectivity index (χ0v) is 16.0. The van der Waals surface area contributed by atoms with Crippen LogP contribution in [0.25, 0.3) is 0 Å². The molecule has 0 saturated carbocycles. The number of nitrogens with zero attached hydrogens (tertiary/aromatic N) is 2. The molecule has 140 valence electrons. The van der Waals surface area contributed by atoms with Crippen LogP contribution < -0.4 is 0 Å². The molecular weight excluding hydrogens is 344 g/mol. The van der Waals surface area contributed by atoms with E-state index in [0.717, 1.165) is 49.4 Å². The number of hydrogen-bond donors (Lipinski definition) is 0. The fourth-order valence-corrected chi connectivity index (χ4v) is 4.01. The summed E-state index contributed by atoms with van der Waals surface area (Å²) < 4.78 is 6.03. The van der Waals surface area contributed by atoms with Crippen molar-refractivity contribution >= 4 is 5.90 Å². The average molecular weight is 368 g/mol. The molecule has 3 heteroatoms. The van der Waals surface area contributed by atoms with Crippen molar-refractivity contribution in [3.8, 4) is 0 Å². The van der Waals surface area contributed by atoms with Crippen molar-refractivity contribution in [2.24, 2.45) is 4.99 Å². The normalized spacial score (nSPS) is 18.3. The van der Waals surface area contributed by atoms with Gasteiger partial charge >= 0.3 is 0 Å². The lowest BCUT2D eigenvalue weighted by Crippen LogP contribution is -2.12. The van der Waals surface area contributed by atoms with E-state index in [-0.39, 0.29) is 6.04 Å². The maximum absolute atomic E-state index is 6.03. The van der Waals surface area contributed by atoms with Crippen LogP contribution in [0.15, 0.2) is 71.7 Å². The average Bonchev–Trinajstić information content (AvgIpc) is 3.19. The number of aliphatic imine (C=N–C) groups is 1. The van der Waals surface area contributed by atoms with Gasteiger partial charge in [-0.2, -0.15) is 0 Å². The number of aromatic nitrogens is 1. The Morgan fingerprint density at radius 1 is 0.786 bits per heavy atom. The number of rotatable bonds is 3. The van der Waals surface area contributed by atoms with Crippen molar-refractivity contribution in [1.82, 2.24) is 4.98 Å². The van der Waals surface area contributed by atoms with E-state index in [9.17, 15) is 0 Å². The molecule has 3 aromatic rings. The topological polar surface area (TPSA) is 34.5 Å². The minimum absolute atomic E-state index is 0.168. The predicted octanol–water partition coefficient (Wildman–Crippen LogP) is 4.35. The highest BCUT2D eigenvalue weighted by molar-refractivity contribution is 5.94. The fraction of sp³-hybridized carbons (Fsp3) is 0.280. The molecule has 3 aliphatic heterocycles. The Morgan fingerprint density at radius 3 is 2.32 bits per heavy atom. The van der Waals surface area contributed by atoms with E-state index in [1.165, 1.54) is 22.3 Å². The number of benzene rings is 2. The monoisotopic (exact) mass is 368 g/mol. The molecule has 4 heterocycles. The SMILES string of the molecule is c1ccc(C[C@H]2COC(c3nc4ccc3CCc3ccc(cc3)CC4)=N2)cc1. The lowest BCUT2D eigenvalue weighted by molar-refractivity contribution is 0.316. The third kappa shape index (κ3) is 3.70. The lowest BCUT2D eigenvalue weighted by atomic mass is 9.98. The second-order valence-electron chi connectivity index (χ2n) is 7.72. The van der Waals surface area contributed by atoms with Crippen LogP contribution in [-0.2, 0) is 36.8 Å². The summed E-state index contributed by atoms with van der Waals surface area (Å²) in [6, 6.07) is 24.1. The number of aryl methyl sites for hydroxylation is 4. The molecule has 0 saturated heterocycles. The van der Waals surface area contributed by atoms with Gasteiger partial charge in [0.05, 0.1) is 6.04 Å². The van der Waals surface area contributed by atoms with Crippen LogP contribution in [0.1, 0.15) is 33.6 Å². The van der Waals surface area contributed by atoms with Crippen molar-refractivity contribution in [3.63, 3.8) is 0 Å². The molecule has 0 spiro atoms. The third-order valence-corrected chi connectivity index (χ3v) is 5.64. The molecule has 5 aliphatic rings. The highest BCUT2D eigenvalue weighted by Crippen LogP contribution is 2.21. The Bertz CT molecular complexity index is 993. The van der Waals surface area contributed by atoms with Gasteiger partial charge in [-0.3, -0.25) is 0 Å². The van der Waals surface area contributed by atoms with E-state index in [1.807, 2.05) is 6.07 Å². The van der Waals surface area contributed by atoms with Crippen LogP contribution in [-0.4, -0.2) is 23.5 Å². The van der Waals surface area contributed by atoms with Crippen LogP contribution in [0.4, 0.5) is 0 Å². The zero-order valence-electron chi connectivity index (χ0n) is 16.0. The van der Waals surface area contributed by atoms with Crippen molar-refractivity contribution in [1.29, 1.82) is 0 Å². The Balaban J connectivity index is 1.43.